The Labute approximate surface area is 166 Å². The molecule has 1 N–H and O–H groups in total. The maximum atomic E-state index is 13.2. The highest BCUT2D eigenvalue weighted by Crippen LogP contribution is 2.22. The van der Waals surface area contributed by atoms with E-state index in [-0.39, 0.29) is 11.8 Å². The van der Waals surface area contributed by atoms with Gasteiger partial charge in [-0.25, -0.2) is 4.79 Å². The van der Waals surface area contributed by atoms with E-state index in [2.05, 4.69) is 39.0 Å². The summed E-state index contributed by atoms with van der Waals surface area (Å²) in [4.78, 5) is 32.7. The number of Topliss-reactive ketones (excluding diaryl/α,β-unsaturated/α-hetero) is 1. The molecular weight excluding hydrogens is 354 g/mol. The van der Waals surface area contributed by atoms with Gasteiger partial charge in [0.15, 0.2) is 5.78 Å². The van der Waals surface area contributed by atoms with Crippen molar-refractivity contribution >= 4 is 11.8 Å². The number of nitrogens with one attached hydrogen (secondary N) is 1. The molecule has 1 aliphatic heterocycles. The number of carbonyl (C=O) groups is 2. The minimum absolute atomic E-state index is 0.0536. The van der Waals surface area contributed by atoms with Crippen LogP contribution in [0.2, 0.25) is 0 Å². The molecule has 0 radical (unpaired) electrons. The summed E-state index contributed by atoms with van der Waals surface area (Å²) in [6.07, 6.45) is 0. The van der Waals surface area contributed by atoms with Crippen LogP contribution in [0.4, 0.5) is 0 Å². The summed E-state index contributed by atoms with van der Waals surface area (Å²) in [5, 5.41) is 0. The number of rotatable bonds is 6. The van der Waals surface area contributed by atoms with Crippen molar-refractivity contribution in [2.45, 2.75) is 33.4 Å². The minimum Gasteiger partial charge on any atom is -0.464 e. The lowest BCUT2D eigenvalue weighted by Gasteiger charge is -2.37. The summed E-state index contributed by atoms with van der Waals surface area (Å²) >= 11 is 0. The molecule has 1 aromatic carbocycles. The molecule has 6 nitrogen and oxygen atoms in total. The van der Waals surface area contributed by atoms with Crippen LogP contribution in [0.3, 0.4) is 0 Å². The molecule has 0 amide bonds. The highest BCUT2D eigenvalue weighted by Gasteiger charge is 2.30. The second-order valence-electron chi connectivity index (χ2n) is 7.45. The number of methoxy groups -OCH3 is 1. The van der Waals surface area contributed by atoms with E-state index >= 15 is 0 Å². The molecule has 0 bridgehead atoms. The fourth-order valence-electron chi connectivity index (χ4n) is 3.95. The number of aromatic amines is 1. The first-order valence-electron chi connectivity index (χ1n) is 9.74. The zero-order chi connectivity index (χ0) is 20.3. The Bertz CT molecular complexity index is 836. The Kier molecular flexibility index (Phi) is 6.31. The Morgan fingerprint density at radius 1 is 1.11 bits per heavy atom. The van der Waals surface area contributed by atoms with Crippen LogP contribution in [-0.2, 0) is 11.3 Å². The van der Waals surface area contributed by atoms with Crippen molar-refractivity contribution in [1.82, 2.24) is 14.8 Å². The topological polar surface area (TPSA) is 65.6 Å². The normalized spacial score (nSPS) is 16.7. The SMILES string of the molecule is COC(=O)c1[nH]c(C)c(C(=O)[C@H](C)N2CCN(Cc3ccccc3)CC2)c1C. The standard InChI is InChI=1S/C22H29N3O3/c1-15-19(16(2)23-20(15)22(27)28-4)21(26)17(3)25-12-10-24(11-13-25)14-18-8-6-5-7-9-18/h5-9,17,23H,10-14H2,1-4H3/t17-/m0/s1. The molecule has 0 aliphatic carbocycles. The highest BCUT2D eigenvalue weighted by molar-refractivity contribution is 6.05. The summed E-state index contributed by atoms with van der Waals surface area (Å²) in [6, 6.07) is 10.2. The molecule has 2 heterocycles. The molecule has 2 aromatic rings. The fraction of sp³-hybridized carbons (Fsp3) is 0.455. The van der Waals surface area contributed by atoms with E-state index in [9.17, 15) is 9.59 Å². The number of carbonyl (C=O) groups excluding carboxylic acids is 2. The van der Waals surface area contributed by atoms with E-state index in [1.165, 1.54) is 12.7 Å². The van der Waals surface area contributed by atoms with Crippen molar-refractivity contribution in [3.8, 4) is 0 Å². The number of esters is 1. The number of hydrogen-bond donors (Lipinski definition) is 1. The maximum absolute atomic E-state index is 13.2. The van der Waals surface area contributed by atoms with E-state index in [0.29, 0.717) is 16.8 Å². The molecule has 1 aliphatic rings. The highest BCUT2D eigenvalue weighted by atomic mass is 16.5. The van der Waals surface area contributed by atoms with Crippen LogP contribution in [0, 0.1) is 13.8 Å². The molecule has 1 atom stereocenters. The molecule has 0 spiro atoms. The van der Waals surface area contributed by atoms with Gasteiger partial charge in [-0.1, -0.05) is 30.3 Å². The number of aromatic nitrogens is 1. The monoisotopic (exact) mass is 383 g/mol. The van der Waals surface area contributed by atoms with Crippen molar-refractivity contribution in [3.63, 3.8) is 0 Å². The van der Waals surface area contributed by atoms with Crippen molar-refractivity contribution in [2.24, 2.45) is 0 Å². The van der Waals surface area contributed by atoms with Crippen LogP contribution < -0.4 is 0 Å². The maximum Gasteiger partial charge on any atom is 0.354 e. The van der Waals surface area contributed by atoms with Gasteiger partial charge in [-0.3, -0.25) is 14.6 Å². The number of H-pyrrole nitrogens is 1. The molecule has 3 rings (SSSR count). The van der Waals surface area contributed by atoms with E-state index < -0.39 is 5.97 Å². The summed E-state index contributed by atoms with van der Waals surface area (Å²) in [5.41, 5.74) is 3.68. The minimum atomic E-state index is -0.443. The Morgan fingerprint density at radius 3 is 2.36 bits per heavy atom. The molecule has 1 fully saturated rings. The zero-order valence-electron chi connectivity index (χ0n) is 17.1. The third kappa shape index (κ3) is 4.18. The number of piperazine rings is 1. The summed E-state index contributed by atoms with van der Waals surface area (Å²) in [7, 11) is 1.34. The molecule has 1 saturated heterocycles. The van der Waals surface area contributed by atoms with Gasteiger partial charge < -0.3 is 9.72 Å². The van der Waals surface area contributed by atoms with Crippen LogP contribution in [0.5, 0.6) is 0 Å². The van der Waals surface area contributed by atoms with E-state index in [1.807, 2.05) is 19.9 Å². The van der Waals surface area contributed by atoms with Crippen LogP contribution in [0.25, 0.3) is 0 Å². The van der Waals surface area contributed by atoms with E-state index in [0.717, 1.165) is 38.4 Å². The van der Waals surface area contributed by atoms with Crippen LogP contribution in [0.15, 0.2) is 30.3 Å². The predicted molar refractivity (Wildman–Crippen MR) is 109 cm³/mol. The van der Waals surface area contributed by atoms with Gasteiger partial charge in [0, 0.05) is 44.0 Å². The largest absolute Gasteiger partial charge is 0.464 e. The summed E-state index contributed by atoms with van der Waals surface area (Å²) in [6.45, 7) is 10.1. The van der Waals surface area contributed by atoms with Crippen molar-refractivity contribution in [2.75, 3.05) is 33.3 Å². The van der Waals surface area contributed by atoms with Gasteiger partial charge in [0.2, 0.25) is 0 Å². The smallest absolute Gasteiger partial charge is 0.354 e. The molecule has 150 valence electrons. The Morgan fingerprint density at radius 2 is 1.75 bits per heavy atom. The lowest BCUT2D eigenvalue weighted by Crippen LogP contribution is -2.51. The number of hydrogen-bond acceptors (Lipinski definition) is 5. The van der Waals surface area contributed by atoms with Crippen molar-refractivity contribution in [1.29, 1.82) is 0 Å². The van der Waals surface area contributed by atoms with Gasteiger partial charge in [-0.15, -0.1) is 0 Å². The first kappa shape index (κ1) is 20.3. The Balaban J connectivity index is 1.64. The predicted octanol–water partition coefficient (Wildman–Crippen LogP) is 2.81. The van der Waals surface area contributed by atoms with Gasteiger partial charge in [0.25, 0.3) is 0 Å². The molecule has 6 heteroatoms. The van der Waals surface area contributed by atoms with Gasteiger partial charge >= 0.3 is 5.97 Å². The average Bonchev–Trinajstić information content (AvgIpc) is 3.01. The molecule has 0 saturated carbocycles. The van der Waals surface area contributed by atoms with Gasteiger partial charge in [-0.2, -0.15) is 0 Å². The lowest BCUT2D eigenvalue weighted by atomic mass is 9.99. The number of ketones is 1. The summed E-state index contributed by atoms with van der Waals surface area (Å²) in [5.74, 6) is -0.389. The number of ether oxygens (including phenoxy) is 1. The van der Waals surface area contributed by atoms with Gasteiger partial charge in [0.05, 0.1) is 13.2 Å². The summed E-state index contributed by atoms with van der Waals surface area (Å²) < 4.78 is 4.81. The second kappa shape index (κ2) is 8.71. The van der Waals surface area contributed by atoms with Gasteiger partial charge in [-0.05, 0) is 31.9 Å². The van der Waals surface area contributed by atoms with E-state index in [4.69, 9.17) is 4.74 Å². The zero-order valence-corrected chi connectivity index (χ0v) is 17.1. The number of aryl methyl sites for hydroxylation is 1. The van der Waals surface area contributed by atoms with Crippen molar-refractivity contribution < 1.29 is 14.3 Å². The van der Waals surface area contributed by atoms with E-state index in [1.54, 1.807) is 6.92 Å². The second-order valence-corrected chi connectivity index (χ2v) is 7.45. The number of nitrogens with zero attached hydrogens (tertiary/aromatic N) is 2. The molecule has 28 heavy (non-hydrogen) atoms. The third-order valence-electron chi connectivity index (χ3n) is 5.66. The first-order valence-corrected chi connectivity index (χ1v) is 9.74. The van der Waals surface area contributed by atoms with Gasteiger partial charge in [0.1, 0.15) is 5.69 Å². The molecule has 1 aromatic heterocycles. The first-order chi connectivity index (χ1) is 13.4. The molecule has 0 unspecified atom stereocenters. The van der Waals surface area contributed by atoms with Crippen molar-refractivity contribution in [3.05, 3.63) is 58.4 Å². The average molecular weight is 383 g/mol. The van der Waals surface area contributed by atoms with Crippen LogP contribution in [0.1, 0.15) is 44.6 Å². The quantitative estimate of drug-likeness (QED) is 0.614. The van der Waals surface area contributed by atoms with Crippen LogP contribution >= 0.6 is 0 Å². The Hall–Kier alpha value is -2.44. The lowest BCUT2D eigenvalue weighted by molar-refractivity contribution is 0.0594. The third-order valence-corrected chi connectivity index (χ3v) is 5.66. The number of benzene rings is 1. The fourth-order valence-corrected chi connectivity index (χ4v) is 3.95. The molecular formula is C22H29N3O3. The van der Waals surface area contributed by atoms with Crippen LogP contribution in [-0.4, -0.2) is 65.9 Å².